The van der Waals surface area contributed by atoms with Crippen molar-refractivity contribution in [3.63, 3.8) is 0 Å². The Labute approximate surface area is 166 Å². The highest BCUT2D eigenvalue weighted by atomic mass is 16.2. The van der Waals surface area contributed by atoms with Gasteiger partial charge >= 0.3 is 0 Å². The maximum Gasteiger partial charge on any atom is 0.251 e. The van der Waals surface area contributed by atoms with Crippen molar-refractivity contribution >= 4 is 17.5 Å². The van der Waals surface area contributed by atoms with Gasteiger partial charge in [0.1, 0.15) is 0 Å². The number of anilines is 1. The van der Waals surface area contributed by atoms with Crippen molar-refractivity contribution in [3.8, 4) is 0 Å². The molecule has 1 atom stereocenters. The second-order valence-electron chi connectivity index (χ2n) is 7.67. The third-order valence-corrected chi connectivity index (χ3v) is 5.69. The summed E-state index contributed by atoms with van der Waals surface area (Å²) in [4.78, 5) is 26.3. The Morgan fingerprint density at radius 3 is 2.71 bits per heavy atom. The number of amides is 2. The second-order valence-corrected chi connectivity index (χ2v) is 7.67. The van der Waals surface area contributed by atoms with Crippen LogP contribution in [0.1, 0.15) is 53.1 Å². The van der Waals surface area contributed by atoms with Crippen LogP contribution in [0.5, 0.6) is 0 Å². The monoisotopic (exact) mass is 377 g/mol. The topological polar surface area (TPSA) is 61.4 Å². The molecule has 2 N–H and O–H groups in total. The molecule has 4 rings (SSSR count). The number of hydrogen-bond acceptors (Lipinski definition) is 3. The lowest BCUT2D eigenvalue weighted by Crippen LogP contribution is -2.28. The third-order valence-electron chi connectivity index (χ3n) is 5.69. The van der Waals surface area contributed by atoms with Gasteiger partial charge in [-0.3, -0.25) is 9.59 Å². The number of nitrogens with zero attached hydrogens (tertiary/aromatic N) is 1. The summed E-state index contributed by atoms with van der Waals surface area (Å²) in [5.41, 5.74) is 3.91. The predicted octanol–water partition coefficient (Wildman–Crippen LogP) is 3.21. The molecule has 2 aliphatic heterocycles. The molecule has 2 saturated heterocycles. The van der Waals surface area contributed by atoms with Gasteiger partial charge in [0, 0.05) is 37.3 Å². The van der Waals surface area contributed by atoms with Crippen molar-refractivity contribution in [3.05, 3.63) is 65.2 Å². The van der Waals surface area contributed by atoms with E-state index in [1.165, 1.54) is 18.4 Å². The molecule has 0 radical (unpaired) electrons. The van der Waals surface area contributed by atoms with Gasteiger partial charge in [0.25, 0.3) is 5.91 Å². The lowest BCUT2D eigenvalue weighted by Gasteiger charge is -2.23. The Bertz CT molecular complexity index is 841. The molecule has 146 valence electrons. The van der Waals surface area contributed by atoms with E-state index in [-0.39, 0.29) is 11.8 Å². The molecular weight excluding hydrogens is 350 g/mol. The van der Waals surface area contributed by atoms with Crippen LogP contribution in [0, 0.1) is 0 Å². The highest BCUT2D eigenvalue weighted by molar-refractivity contribution is 5.95. The van der Waals surface area contributed by atoms with Crippen molar-refractivity contribution < 1.29 is 9.59 Å². The lowest BCUT2D eigenvalue weighted by molar-refractivity contribution is -0.117. The molecule has 0 saturated carbocycles. The van der Waals surface area contributed by atoms with Gasteiger partial charge in [0.2, 0.25) is 5.91 Å². The van der Waals surface area contributed by atoms with Gasteiger partial charge in [-0.1, -0.05) is 24.3 Å². The van der Waals surface area contributed by atoms with Gasteiger partial charge < -0.3 is 15.5 Å². The fourth-order valence-corrected chi connectivity index (χ4v) is 4.07. The Kier molecular flexibility index (Phi) is 5.72. The minimum atomic E-state index is -0.0515. The lowest BCUT2D eigenvalue weighted by atomic mass is 9.90. The number of carbonyl (C=O) groups is 2. The summed E-state index contributed by atoms with van der Waals surface area (Å²) in [5, 5.41) is 6.44. The van der Waals surface area contributed by atoms with Gasteiger partial charge in [-0.2, -0.15) is 0 Å². The van der Waals surface area contributed by atoms with Crippen LogP contribution in [-0.2, 0) is 11.3 Å². The summed E-state index contributed by atoms with van der Waals surface area (Å²) in [7, 11) is 0. The molecule has 2 aromatic carbocycles. The molecule has 5 heteroatoms. The number of benzene rings is 2. The van der Waals surface area contributed by atoms with Gasteiger partial charge in [-0.05, 0) is 67.1 Å². The minimum Gasteiger partial charge on any atom is -0.348 e. The van der Waals surface area contributed by atoms with Crippen LogP contribution in [0.3, 0.4) is 0 Å². The van der Waals surface area contributed by atoms with Crippen molar-refractivity contribution in [1.82, 2.24) is 10.6 Å². The molecule has 2 aliphatic rings. The Balaban J connectivity index is 1.36. The first kappa shape index (κ1) is 18.7. The van der Waals surface area contributed by atoms with Crippen molar-refractivity contribution in [2.75, 3.05) is 24.5 Å². The minimum absolute atomic E-state index is 0.0515. The molecule has 0 aromatic heterocycles. The van der Waals surface area contributed by atoms with Gasteiger partial charge in [0.15, 0.2) is 0 Å². The highest BCUT2D eigenvalue weighted by Crippen LogP contribution is 2.24. The molecular formula is C23H27N3O2. The first-order valence-electron chi connectivity index (χ1n) is 10.2. The van der Waals surface area contributed by atoms with Crippen LogP contribution in [0.15, 0.2) is 48.5 Å². The van der Waals surface area contributed by atoms with Crippen LogP contribution in [0.4, 0.5) is 5.69 Å². The maximum absolute atomic E-state index is 12.6. The van der Waals surface area contributed by atoms with Gasteiger partial charge in [-0.25, -0.2) is 0 Å². The van der Waals surface area contributed by atoms with E-state index < -0.39 is 0 Å². The van der Waals surface area contributed by atoms with Crippen molar-refractivity contribution in [1.29, 1.82) is 0 Å². The fraction of sp³-hybridized carbons (Fsp3) is 0.391. The first-order chi connectivity index (χ1) is 13.7. The van der Waals surface area contributed by atoms with E-state index in [1.807, 2.05) is 47.4 Å². The van der Waals surface area contributed by atoms with Crippen LogP contribution in [0.25, 0.3) is 0 Å². The number of piperidine rings is 1. The number of hydrogen-bond donors (Lipinski definition) is 2. The van der Waals surface area contributed by atoms with E-state index in [2.05, 4.69) is 16.7 Å². The summed E-state index contributed by atoms with van der Waals surface area (Å²) >= 11 is 0. The smallest absolute Gasteiger partial charge is 0.251 e. The molecule has 0 spiro atoms. The Morgan fingerprint density at radius 2 is 2.00 bits per heavy atom. The van der Waals surface area contributed by atoms with E-state index in [4.69, 9.17) is 0 Å². The number of carbonyl (C=O) groups excluding carboxylic acids is 2. The van der Waals surface area contributed by atoms with Crippen molar-refractivity contribution in [2.45, 2.75) is 38.1 Å². The molecule has 0 aliphatic carbocycles. The van der Waals surface area contributed by atoms with E-state index in [0.717, 1.165) is 37.3 Å². The van der Waals surface area contributed by atoms with E-state index >= 15 is 0 Å². The standard InChI is InChI=1S/C23H27N3O2/c27-22-7-3-13-26(22)21-10-8-17(9-11-21)15-25-23(28)19-5-1-4-18(14-19)20-6-2-12-24-16-20/h1,4-5,8-11,14,20,24H,2-3,6-7,12-13,15-16H2,(H,25,28)/t20-/m0/s1. The quantitative estimate of drug-likeness (QED) is 0.841. The third kappa shape index (κ3) is 4.25. The van der Waals surface area contributed by atoms with Crippen molar-refractivity contribution in [2.24, 2.45) is 0 Å². The maximum atomic E-state index is 12.6. The average Bonchev–Trinajstić information content (AvgIpc) is 3.19. The summed E-state index contributed by atoms with van der Waals surface area (Å²) in [5.74, 6) is 0.626. The Morgan fingerprint density at radius 1 is 1.14 bits per heavy atom. The molecule has 2 heterocycles. The molecule has 0 unspecified atom stereocenters. The first-order valence-corrected chi connectivity index (χ1v) is 10.2. The average molecular weight is 377 g/mol. The molecule has 2 fully saturated rings. The largest absolute Gasteiger partial charge is 0.348 e. The Hall–Kier alpha value is -2.66. The molecule has 28 heavy (non-hydrogen) atoms. The second kappa shape index (κ2) is 8.57. The predicted molar refractivity (Wildman–Crippen MR) is 110 cm³/mol. The van der Waals surface area contributed by atoms with Gasteiger partial charge in [-0.15, -0.1) is 0 Å². The van der Waals surface area contributed by atoms with Gasteiger partial charge in [0.05, 0.1) is 0 Å². The zero-order valence-electron chi connectivity index (χ0n) is 16.1. The highest BCUT2D eigenvalue weighted by Gasteiger charge is 2.21. The van der Waals surface area contributed by atoms with E-state index in [0.29, 0.717) is 24.4 Å². The number of rotatable bonds is 5. The number of nitrogens with one attached hydrogen (secondary N) is 2. The fourth-order valence-electron chi connectivity index (χ4n) is 4.07. The summed E-state index contributed by atoms with van der Waals surface area (Å²) in [6.07, 6.45) is 3.91. The zero-order valence-corrected chi connectivity index (χ0v) is 16.1. The van der Waals surface area contributed by atoms with E-state index in [9.17, 15) is 9.59 Å². The zero-order chi connectivity index (χ0) is 19.3. The summed E-state index contributed by atoms with van der Waals surface area (Å²) in [6.45, 7) is 3.34. The normalized spacial score (nSPS) is 19.6. The summed E-state index contributed by atoms with van der Waals surface area (Å²) < 4.78 is 0. The summed E-state index contributed by atoms with van der Waals surface area (Å²) in [6, 6.07) is 15.9. The van der Waals surface area contributed by atoms with Crippen LogP contribution in [0.2, 0.25) is 0 Å². The van der Waals surface area contributed by atoms with Crippen LogP contribution < -0.4 is 15.5 Å². The molecule has 5 nitrogen and oxygen atoms in total. The van der Waals surface area contributed by atoms with Crippen LogP contribution in [-0.4, -0.2) is 31.4 Å². The molecule has 0 bridgehead atoms. The van der Waals surface area contributed by atoms with Crippen LogP contribution >= 0.6 is 0 Å². The SMILES string of the molecule is O=C(NCc1ccc(N2CCCC2=O)cc1)c1cccc([C@H]2CCCNC2)c1. The molecule has 2 aromatic rings. The molecule has 2 amide bonds. The van der Waals surface area contributed by atoms with E-state index in [1.54, 1.807) is 0 Å².